The van der Waals surface area contributed by atoms with Gasteiger partial charge in [0.2, 0.25) is 0 Å². The van der Waals surface area contributed by atoms with Gasteiger partial charge in [0, 0.05) is 0 Å². The van der Waals surface area contributed by atoms with Crippen molar-refractivity contribution in [3.05, 3.63) is 0 Å². The molecule has 0 saturated heterocycles. The molecule has 20 heavy (non-hydrogen) atoms. The Bertz CT molecular complexity index is 280. The summed E-state index contributed by atoms with van der Waals surface area (Å²) in [6.07, 6.45) is 1.58. The monoisotopic (exact) mass is 288 g/mol. The van der Waals surface area contributed by atoms with Crippen LogP contribution in [0, 0.1) is 11.8 Å². The van der Waals surface area contributed by atoms with Gasteiger partial charge in [0.1, 0.15) is 0 Å². The third-order valence-corrected chi connectivity index (χ3v) is 3.89. The Morgan fingerprint density at radius 2 is 1.15 bits per heavy atom. The zero-order chi connectivity index (χ0) is 15.7. The van der Waals surface area contributed by atoms with Crippen LogP contribution in [0.3, 0.4) is 0 Å². The molecule has 0 radical (unpaired) electrons. The average Bonchev–Trinajstić information content (AvgIpc) is 2.47. The number of hydrogen-bond acceptors (Lipinski definition) is 4. The van der Waals surface area contributed by atoms with Crippen LogP contribution in [0.15, 0.2) is 0 Å². The smallest absolute Gasteiger partial charge is 0.309 e. The van der Waals surface area contributed by atoms with Gasteiger partial charge in [-0.2, -0.15) is 0 Å². The summed E-state index contributed by atoms with van der Waals surface area (Å²) in [5, 5.41) is 23.5. The minimum Gasteiger partial charge on any atom is -0.394 e. The number of nitrogens with one attached hydrogen (secondary N) is 2. The summed E-state index contributed by atoms with van der Waals surface area (Å²) in [5.74, 6) is -1.38. The van der Waals surface area contributed by atoms with Crippen LogP contribution in [0.5, 0.6) is 0 Å². The quantitative estimate of drug-likeness (QED) is 0.474. The highest BCUT2D eigenvalue weighted by molar-refractivity contribution is 6.35. The standard InChI is InChI=1S/C14H28N2O4/c1-5-9(3)11(7-17)15-13(19)14(20)16-12(8-18)10(4)6-2/h9-12,17-18H,5-8H2,1-4H3,(H,15,19)(H,16,20)/t9-,10+,11-,12-/m0/s1. The van der Waals surface area contributed by atoms with Crippen molar-refractivity contribution in [1.82, 2.24) is 10.6 Å². The molecule has 0 aromatic carbocycles. The van der Waals surface area contributed by atoms with Crippen LogP contribution in [0.4, 0.5) is 0 Å². The molecule has 0 unspecified atom stereocenters. The van der Waals surface area contributed by atoms with E-state index in [0.29, 0.717) is 0 Å². The lowest BCUT2D eigenvalue weighted by molar-refractivity contribution is -0.140. The van der Waals surface area contributed by atoms with Crippen LogP contribution >= 0.6 is 0 Å². The zero-order valence-electron chi connectivity index (χ0n) is 12.8. The lowest BCUT2D eigenvalue weighted by Gasteiger charge is -2.24. The van der Waals surface area contributed by atoms with Crippen molar-refractivity contribution in [2.75, 3.05) is 13.2 Å². The first kappa shape index (κ1) is 18.9. The molecule has 0 spiro atoms. The largest absolute Gasteiger partial charge is 0.394 e. The van der Waals surface area contributed by atoms with Gasteiger partial charge in [-0.3, -0.25) is 9.59 Å². The predicted octanol–water partition coefficient (Wildman–Crippen LogP) is 0.0328. The molecule has 0 fully saturated rings. The van der Waals surface area contributed by atoms with E-state index in [9.17, 15) is 19.8 Å². The summed E-state index contributed by atoms with van der Waals surface area (Å²) in [6.45, 7) is 7.28. The summed E-state index contributed by atoms with van der Waals surface area (Å²) >= 11 is 0. The maximum atomic E-state index is 11.8. The molecule has 0 aliphatic heterocycles. The highest BCUT2D eigenvalue weighted by Crippen LogP contribution is 2.08. The van der Waals surface area contributed by atoms with Gasteiger partial charge in [-0.1, -0.05) is 40.5 Å². The number of amides is 2. The van der Waals surface area contributed by atoms with E-state index in [1.54, 1.807) is 0 Å². The van der Waals surface area contributed by atoms with Gasteiger partial charge >= 0.3 is 11.8 Å². The second kappa shape index (κ2) is 9.72. The van der Waals surface area contributed by atoms with Crippen molar-refractivity contribution in [3.63, 3.8) is 0 Å². The van der Waals surface area contributed by atoms with Gasteiger partial charge in [0.25, 0.3) is 0 Å². The molecular weight excluding hydrogens is 260 g/mol. The minimum atomic E-state index is -0.772. The molecule has 6 nitrogen and oxygen atoms in total. The van der Waals surface area contributed by atoms with E-state index in [0.717, 1.165) is 12.8 Å². The van der Waals surface area contributed by atoms with Crippen LogP contribution in [0.1, 0.15) is 40.5 Å². The van der Waals surface area contributed by atoms with Crippen LogP contribution in [0.25, 0.3) is 0 Å². The molecule has 4 N–H and O–H groups in total. The minimum absolute atomic E-state index is 0.0833. The maximum absolute atomic E-state index is 11.8. The number of hydrogen-bond donors (Lipinski definition) is 4. The van der Waals surface area contributed by atoms with E-state index in [-0.39, 0.29) is 25.0 Å². The highest BCUT2D eigenvalue weighted by Gasteiger charge is 2.25. The molecule has 6 heteroatoms. The fourth-order valence-electron chi connectivity index (χ4n) is 1.77. The Hall–Kier alpha value is -1.14. The fraction of sp³-hybridized carbons (Fsp3) is 0.857. The molecule has 2 amide bonds. The van der Waals surface area contributed by atoms with Gasteiger partial charge in [-0.15, -0.1) is 0 Å². The first-order chi connectivity index (χ1) is 9.40. The summed E-state index contributed by atoms with van der Waals surface area (Å²) in [7, 11) is 0. The molecule has 4 atom stereocenters. The number of carbonyl (C=O) groups excluding carboxylic acids is 2. The van der Waals surface area contributed by atoms with Crippen LogP contribution in [0.2, 0.25) is 0 Å². The van der Waals surface area contributed by atoms with E-state index in [2.05, 4.69) is 10.6 Å². The first-order valence-electron chi connectivity index (χ1n) is 7.24. The molecule has 0 bridgehead atoms. The highest BCUT2D eigenvalue weighted by atomic mass is 16.3. The molecule has 0 aromatic heterocycles. The topological polar surface area (TPSA) is 98.7 Å². The molecule has 0 saturated carbocycles. The van der Waals surface area contributed by atoms with Crippen molar-refractivity contribution in [2.24, 2.45) is 11.8 Å². The number of carbonyl (C=O) groups is 2. The molecule has 0 heterocycles. The lowest BCUT2D eigenvalue weighted by atomic mass is 9.99. The Morgan fingerprint density at radius 3 is 1.35 bits per heavy atom. The van der Waals surface area contributed by atoms with Gasteiger partial charge in [0.05, 0.1) is 25.3 Å². The van der Waals surface area contributed by atoms with Crippen LogP contribution in [-0.2, 0) is 9.59 Å². The fourth-order valence-corrected chi connectivity index (χ4v) is 1.77. The number of aliphatic hydroxyl groups is 2. The van der Waals surface area contributed by atoms with Gasteiger partial charge in [-0.05, 0) is 11.8 Å². The third kappa shape index (κ3) is 5.88. The average molecular weight is 288 g/mol. The van der Waals surface area contributed by atoms with Crippen molar-refractivity contribution >= 4 is 11.8 Å². The Labute approximate surface area is 120 Å². The Kier molecular flexibility index (Phi) is 9.16. The summed E-state index contributed by atoms with van der Waals surface area (Å²) in [5.41, 5.74) is 0. The normalized spacial score (nSPS) is 16.9. The Balaban J connectivity index is 4.50. The molecule has 0 rings (SSSR count). The summed E-state index contributed by atoms with van der Waals surface area (Å²) in [4.78, 5) is 23.6. The second-order valence-electron chi connectivity index (χ2n) is 5.30. The zero-order valence-corrected chi connectivity index (χ0v) is 12.8. The second-order valence-corrected chi connectivity index (χ2v) is 5.30. The van der Waals surface area contributed by atoms with E-state index in [1.165, 1.54) is 0 Å². The van der Waals surface area contributed by atoms with Crippen molar-refractivity contribution in [1.29, 1.82) is 0 Å². The molecular formula is C14H28N2O4. The lowest BCUT2D eigenvalue weighted by Crippen LogP contribution is -2.52. The van der Waals surface area contributed by atoms with Gasteiger partial charge in [0.15, 0.2) is 0 Å². The molecule has 0 aromatic rings. The van der Waals surface area contributed by atoms with Crippen LogP contribution < -0.4 is 10.6 Å². The van der Waals surface area contributed by atoms with Gasteiger partial charge in [-0.25, -0.2) is 0 Å². The van der Waals surface area contributed by atoms with E-state index >= 15 is 0 Å². The van der Waals surface area contributed by atoms with Crippen molar-refractivity contribution in [3.8, 4) is 0 Å². The maximum Gasteiger partial charge on any atom is 0.309 e. The van der Waals surface area contributed by atoms with Crippen LogP contribution in [-0.4, -0.2) is 47.3 Å². The van der Waals surface area contributed by atoms with E-state index < -0.39 is 23.9 Å². The van der Waals surface area contributed by atoms with Gasteiger partial charge < -0.3 is 20.8 Å². The number of rotatable bonds is 8. The predicted molar refractivity (Wildman–Crippen MR) is 76.9 cm³/mol. The first-order valence-corrected chi connectivity index (χ1v) is 7.24. The SMILES string of the molecule is CC[C@@H](C)[C@H](CO)NC(=O)C(=O)N[C@@H](CO)[C@@H](C)CC. The van der Waals surface area contributed by atoms with E-state index in [1.807, 2.05) is 27.7 Å². The summed E-state index contributed by atoms with van der Waals surface area (Å²) in [6, 6.07) is -0.871. The van der Waals surface area contributed by atoms with E-state index in [4.69, 9.17) is 0 Å². The third-order valence-electron chi connectivity index (χ3n) is 3.89. The molecule has 118 valence electrons. The summed E-state index contributed by atoms with van der Waals surface area (Å²) < 4.78 is 0. The molecule has 0 aliphatic rings. The Morgan fingerprint density at radius 1 is 0.850 bits per heavy atom. The van der Waals surface area contributed by atoms with Crippen molar-refractivity contribution in [2.45, 2.75) is 52.6 Å². The van der Waals surface area contributed by atoms with Crippen molar-refractivity contribution < 1.29 is 19.8 Å². The molecule has 0 aliphatic carbocycles. The number of aliphatic hydroxyl groups excluding tert-OH is 2.